The van der Waals surface area contributed by atoms with Crippen molar-refractivity contribution in [1.29, 1.82) is 0 Å². The lowest BCUT2D eigenvalue weighted by atomic mass is 9.99. The minimum absolute atomic E-state index is 0.158. The van der Waals surface area contributed by atoms with Crippen LogP contribution < -0.4 is 0 Å². The lowest BCUT2D eigenvalue weighted by Gasteiger charge is -2.20. The van der Waals surface area contributed by atoms with Gasteiger partial charge >= 0.3 is 0 Å². The van der Waals surface area contributed by atoms with Gasteiger partial charge in [-0.05, 0) is 26.3 Å². The summed E-state index contributed by atoms with van der Waals surface area (Å²) in [6.07, 6.45) is 1.55. The van der Waals surface area contributed by atoms with Gasteiger partial charge in [0.2, 0.25) is 0 Å². The number of hydrogen-bond donors (Lipinski definition) is 1. The predicted octanol–water partition coefficient (Wildman–Crippen LogP) is 2.51. The van der Waals surface area contributed by atoms with Gasteiger partial charge in [0.05, 0.1) is 12.1 Å². The van der Waals surface area contributed by atoms with Crippen LogP contribution in [-0.2, 0) is 6.54 Å². The highest BCUT2D eigenvalue weighted by Gasteiger charge is 2.20. The normalized spacial score (nSPS) is 13.5. The standard InChI is InChI=1S/C15H21N3O/c1-11-5-7-13(8-6-11)12(2)14-16-10-17-18(14)9-15(3,4)19/h5-8,10,12,19H,9H2,1-4H3/t12-/m0/s1. The van der Waals surface area contributed by atoms with Gasteiger partial charge in [-0.1, -0.05) is 36.8 Å². The molecule has 2 rings (SSSR count). The van der Waals surface area contributed by atoms with Crippen LogP contribution in [0.25, 0.3) is 0 Å². The van der Waals surface area contributed by atoms with Gasteiger partial charge in [0, 0.05) is 5.92 Å². The highest BCUT2D eigenvalue weighted by Crippen LogP contribution is 2.23. The molecule has 19 heavy (non-hydrogen) atoms. The van der Waals surface area contributed by atoms with Crippen LogP contribution in [-0.4, -0.2) is 25.5 Å². The maximum atomic E-state index is 9.91. The fourth-order valence-electron chi connectivity index (χ4n) is 2.10. The number of benzene rings is 1. The minimum Gasteiger partial charge on any atom is -0.389 e. The van der Waals surface area contributed by atoms with E-state index in [1.165, 1.54) is 11.1 Å². The second kappa shape index (κ2) is 5.13. The van der Waals surface area contributed by atoms with Gasteiger partial charge in [0.15, 0.2) is 0 Å². The second-order valence-electron chi connectivity index (χ2n) is 5.72. The van der Waals surface area contributed by atoms with Gasteiger partial charge in [0.1, 0.15) is 12.2 Å². The Morgan fingerprint density at radius 2 is 1.89 bits per heavy atom. The molecule has 0 amide bonds. The number of nitrogens with zero attached hydrogens (tertiary/aromatic N) is 3. The molecule has 1 aromatic carbocycles. The van der Waals surface area contributed by atoms with Crippen molar-refractivity contribution in [2.75, 3.05) is 0 Å². The molecule has 0 saturated heterocycles. The largest absolute Gasteiger partial charge is 0.389 e. The highest BCUT2D eigenvalue weighted by molar-refractivity contribution is 5.27. The Balaban J connectivity index is 2.27. The molecule has 0 radical (unpaired) electrons. The Morgan fingerprint density at radius 3 is 2.47 bits per heavy atom. The first-order valence-corrected chi connectivity index (χ1v) is 6.53. The molecule has 1 heterocycles. The lowest BCUT2D eigenvalue weighted by molar-refractivity contribution is 0.0565. The average molecular weight is 259 g/mol. The van der Waals surface area contributed by atoms with Crippen molar-refractivity contribution >= 4 is 0 Å². The van der Waals surface area contributed by atoms with Gasteiger partial charge in [-0.25, -0.2) is 9.67 Å². The number of rotatable bonds is 4. The summed E-state index contributed by atoms with van der Waals surface area (Å²) in [6.45, 7) is 8.17. The van der Waals surface area contributed by atoms with Crippen LogP contribution in [0.5, 0.6) is 0 Å². The minimum atomic E-state index is -0.796. The number of hydrogen-bond acceptors (Lipinski definition) is 3. The van der Waals surface area contributed by atoms with E-state index in [4.69, 9.17) is 0 Å². The molecule has 102 valence electrons. The van der Waals surface area contributed by atoms with Crippen LogP contribution in [0.2, 0.25) is 0 Å². The molecule has 0 saturated carbocycles. The monoisotopic (exact) mass is 259 g/mol. The Morgan fingerprint density at radius 1 is 1.26 bits per heavy atom. The molecule has 0 spiro atoms. The lowest BCUT2D eigenvalue weighted by Crippen LogP contribution is -2.28. The maximum absolute atomic E-state index is 9.91. The van der Waals surface area contributed by atoms with E-state index in [9.17, 15) is 5.11 Å². The van der Waals surface area contributed by atoms with Crippen LogP contribution in [0.3, 0.4) is 0 Å². The predicted molar refractivity (Wildman–Crippen MR) is 75.0 cm³/mol. The number of aliphatic hydroxyl groups is 1. The molecular weight excluding hydrogens is 238 g/mol. The number of aromatic nitrogens is 3. The molecule has 0 unspecified atom stereocenters. The van der Waals surface area contributed by atoms with Crippen LogP contribution >= 0.6 is 0 Å². The summed E-state index contributed by atoms with van der Waals surface area (Å²) in [4.78, 5) is 4.34. The average Bonchev–Trinajstić information content (AvgIpc) is 2.75. The zero-order valence-electron chi connectivity index (χ0n) is 12.0. The van der Waals surface area contributed by atoms with Crippen molar-refractivity contribution in [3.8, 4) is 0 Å². The molecule has 1 N–H and O–H groups in total. The van der Waals surface area contributed by atoms with Crippen LogP contribution in [0, 0.1) is 6.92 Å². The summed E-state index contributed by atoms with van der Waals surface area (Å²) in [5, 5.41) is 14.1. The molecule has 0 bridgehead atoms. The van der Waals surface area contributed by atoms with Gasteiger partial charge < -0.3 is 5.11 Å². The van der Waals surface area contributed by atoms with E-state index in [0.29, 0.717) is 6.54 Å². The molecule has 1 aromatic heterocycles. The van der Waals surface area contributed by atoms with Gasteiger partial charge in [0.25, 0.3) is 0 Å². The molecule has 0 aliphatic heterocycles. The molecule has 0 aliphatic carbocycles. The molecule has 4 nitrogen and oxygen atoms in total. The van der Waals surface area contributed by atoms with E-state index < -0.39 is 5.60 Å². The van der Waals surface area contributed by atoms with Gasteiger partial charge in [-0.2, -0.15) is 5.10 Å². The Hall–Kier alpha value is -1.68. The quantitative estimate of drug-likeness (QED) is 0.918. The fourth-order valence-corrected chi connectivity index (χ4v) is 2.10. The van der Waals surface area contributed by atoms with Crippen molar-refractivity contribution in [2.45, 2.75) is 45.8 Å². The van der Waals surface area contributed by atoms with E-state index in [0.717, 1.165) is 5.82 Å². The van der Waals surface area contributed by atoms with Crippen molar-refractivity contribution < 1.29 is 5.11 Å². The summed E-state index contributed by atoms with van der Waals surface area (Å²) in [5.74, 6) is 1.04. The first-order valence-electron chi connectivity index (χ1n) is 6.53. The first kappa shape index (κ1) is 13.7. The third kappa shape index (κ3) is 3.41. The van der Waals surface area contributed by atoms with Crippen molar-refractivity contribution in [3.05, 3.63) is 47.5 Å². The summed E-state index contributed by atoms with van der Waals surface area (Å²) in [6, 6.07) is 8.43. The molecule has 0 aliphatic rings. The Bertz CT molecular complexity index is 537. The zero-order valence-corrected chi connectivity index (χ0v) is 12.0. The molecule has 1 atom stereocenters. The van der Waals surface area contributed by atoms with E-state index in [1.54, 1.807) is 24.9 Å². The third-order valence-electron chi connectivity index (χ3n) is 3.15. The van der Waals surface area contributed by atoms with Gasteiger partial charge in [-0.3, -0.25) is 0 Å². The maximum Gasteiger partial charge on any atom is 0.138 e. The van der Waals surface area contributed by atoms with Crippen molar-refractivity contribution in [2.24, 2.45) is 0 Å². The van der Waals surface area contributed by atoms with Crippen LogP contribution in [0.4, 0.5) is 0 Å². The molecule has 4 heteroatoms. The van der Waals surface area contributed by atoms with Crippen molar-refractivity contribution in [3.63, 3.8) is 0 Å². The van der Waals surface area contributed by atoms with E-state index in [2.05, 4.69) is 48.2 Å². The Labute approximate surface area is 114 Å². The van der Waals surface area contributed by atoms with E-state index >= 15 is 0 Å². The topological polar surface area (TPSA) is 50.9 Å². The molecular formula is C15H21N3O. The second-order valence-corrected chi connectivity index (χ2v) is 5.72. The molecule has 0 fully saturated rings. The Kier molecular flexibility index (Phi) is 3.71. The number of aryl methyl sites for hydroxylation is 1. The smallest absolute Gasteiger partial charge is 0.138 e. The summed E-state index contributed by atoms with van der Waals surface area (Å²) in [5.41, 5.74) is 1.65. The molecule has 2 aromatic rings. The van der Waals surface area contributed by atoms with Crippen molar-refractivity contribution in [1.82, 2.24) is 14.8 Å². The summed E-state index contributed by atoms with van der Waals surface area (Å²) in [7, 11) is 0. The van der Waals surface area contributed by atoms with Crippen LogP contribution in [0.15, 0.2) is 30.6 Å². The van der Waals surface area contributed by atoms with E-state index in [-0.39, 0.29) is 5.92 Å². The third-order valence-corrected chi connectivity index (χ3v) is 3.15. The SMILES string of the molecule is Cc1ccc([C@H](C)c2ncnn2CC(C)(C)O)cc1. The first-order chi connectivity index (χ1) is 8.87. The fraction of sp³-hybridized carbons (Fsp3) is 0.467. The summed E-state index contributed by atoms with van der Waals surface area (Å²) < 4.78 is 1.78. The van der Waals surface area contributed by atoms with E-state index in [1.807, 2.05) is 0 Å². The zero-order chi connectivity index (χ0) is 14.0. The van der Waals surface area contributed by atoms with Gasteiger partial charge in [-0.15, -0.1) is 0 Å². The summed E-state index contributed by atoms with van der Waals surface area (Å²) >= 11 is 0. The highest BCUT2D eigenvalue weighted by atomic mass is 16.3. The van der Waals surface area contributed by atoms with Crippen LogP contribution in [0.1, 0.15) is 43.6 Å².